The lowest BCUT2D eigenvalue weighted by Crippen LogP contribution is -2.30. The number of ether oxygens (including phenoxy) is 3. The van der Waals surface area contributed by atoms with E-state index in [-0.39, 0.29) is 19.3 Å². The molecule has 16 nitrogen and oxygen atoms in total. The molecule has 0 spiro atoms. The molecule has 0 aliphatic rings. The molecule has 0 aliphatic heterocycles. The molecule has 0 saturated carbocycles. The Hall–Kier alpha value is -4.31. The van der Waals surface area contributed by atoms with Crippen molar-refractivity contribution in [2.24, 2.45) is 0 Å². The van der Waals surface area contributed by atoms with Crippen LogP contribution in [0.15, 0.2) is 134 Å². The number of carbonyl (C=O) groups is 3. The first-order chi connectivity index (χ1) is 45.2. The van der Waals surface area contributed by atoms with Crippen molar-refractivity contribution in [2.75, 3.05) is 39.6 Å². The molecule has 18 heteroatoms. The Morgan fingerprint density at radius 3 is 0.903 bits per heavy atom. The van der Waals surface area contributed by atoms with Crippen LogP contribution in [-0.2, 0) is 55.8 Å². The first kappa shape index (κ1) is 88.7. The second kappa shape index (κ2) is 67.7. The van der Waals surface area contributed by atoms with Crippen molar-refractivity contribution in [3.05, 3.63) is 134 Å². The third-order valence-corrected chi connectivity index (χ3v) is 16.2. The molecule has 0 rings (SSSR count). The summed E-state index contributed by atoms with van der Waals surface area (Å²) in [5, 5.41) is 20.6. The fourth-order valence-corrected chi connectivity index (χ4v) is 10.6. The fourth-order valence-electron chi connectivity index (χ4n) is 8.97. The van der Waals surface area contributed by atoms with Crippen LogP contribution in [0, 0.1) is 0 Å². The van der Waals surface area contributed by atoms with Gasteiger partial charge in [0.2, 0.25) is 0 Å². The third-order valence-electron chi connectivity index (χ3n) is 14.3. The standard InChI is InChI=1S/C75H126O16P2/c1-4-7-10-13-16-19-22-25-28-31-33-34-36-39-40-43-46-49-52-55-58-61-73(78)85-64-70(76)65-87-92(81,82)88-66-71(77)67-89-93(83,84)90-69-72(91-75(80)63-60-57-54-51-48-45-42-37-30-27-24-21-18-15-12-9-6-3)68-86-74(79)62-59-56-53-50-47-44-41-38-35-32-29-26-23-20-17-14-11-8-5-2/h8-9,11-12,16-21,25-30,33-35,38-40,70-72,76-77H,4-7,10,13-15,22-24,31-32,36-37,41-69H2,1-3H3,(H,81,82)(H,83,84)/b11-8-,12-9-,19-16-,20-17-,21-18-,28-25-,29-26-,30-27-,34-33-,38-35-,40-39-. The molecule has 532 valence electrons. The Balaban J connectivity index is 4.72. The zero-order valence-corrected chi connectivity index (χ0v) is 59.4. The number of unbranched alkanes of at least 4 members (excludes halogenated alkanes) is 21. The quantitative estimate of drug-likeness (QED) is 0.0146. The van der Waals surface area contributed by atoms with Crippen molar-refractivity contribution in [3.63, 3.8) is 0 Å². The van der Waals surface area contributed by atoms with Crippen LogP contribution in [0.4, 0.5) is 0 Å². The van der Waals surface area contributed by atoms with Crippen molar-refractivity contribution < 1.29 is 75.8 Å². The van der Waals surface area contributed by atoms with Crippen LogP contribution in [0.25, 0.3) is 0 Å². The van der Waals surface area contributed by atoms with Gasteiger partial charge in [-0.05, 0) is 135 Å². The highest BCUT2D eigenvalue weighted by atomic mass is 31.2. The second-order valence-corrected chi connectivity index (χ2v) is 26.2. The number of rotatable bonds is 66. The van der Waals surface area contributed by atoms with E-state index in [2.05, 4.69) is 154 Å². The summed E-state index contributed by atoms with van der Waals surface area (Å²) in [6.45, 7) is 2.36. The molecular formula is C75H126O16P2. The van der Waals surface area contributed by atoms with Crippen LogP contribution in [-0.4, -0.2) is 95.9 Å². The van der Waals surface area contributed by atoms with E-state index in [1.807, 2.05) is 0 Å². The van der Waals surface area contributed by atoms with Gasteiger partial charge in [-0.2, -0.15) is 0 Å². The van der Waals surface area contributed by atoms with Gasteiger partial charge in [0.25, 0.3) is 0 Å². The Morgan fingerprint density at radius 1 is 0.312 bits per heavy atom. The maximum atomic E-state index is 13.0. The third kappa shape index (κ3) is 68.9. The summed E-state index contributed by atoms with van der Waals surface area (Å²) in [5.74, 6) is -1.62. The number of allylic oxidation sites excluding steroid dienone is 22. The Bertz CT molecular complexity index is 2230. The normalized spacial score (nSPS) is 15.0. The first-order valence-electron chi connectivity index (χ1n) is 35.5. The predicted octanol–water partition coefficient (Wildman–Crippen LogP) is 20.0. The lowest BCUT2D eigenvalue weighted by atomic mass is 10.1. The minimum atomic E-state index is -4.94. The molecule has 0 aromatic rings. The second-order valence-electron chi connectivity index (χ2n) is 23.3. The van der Waals surface area contributed by atoms with E-state index < -0.39 is 91.5 Å². The first-order valence-corrected chi connectivity index (χ1v) is 38.5. The van der Waals surface area contributed by atoms with Gasteiger partial charge in [0, 0.05) is 19.3 Å². The van der Waals surface area contributed by atoms with E-state index >= 15 is 0 Å². The van der Waals surface area contributed by atoms with E-state index in [0.717, 1.165) is 180 Å². The molecule has 5 unspecified atom stereocenters. The van der Waals surface area contributed by atoms with Gasteiger partial charge in [-0.3, -0.25) is 32.5 Å². The largest absolute Gasteiger partial charge is 0.472 e. The number of phosphoric acid groups is 2. The summed E-state index contributed by atoms with van der Waals surface area (Å²) in [7, 11) is -9.80. The Labute approximate surface area is 563 Å². The van der Waals surface area contributed by atoms with E-state index in [1.54, 1.807) is 0 Å². The number of aliphatic hydroxyl groups excluding tert-OH is 2. The summed E-state index contributed by atoms with van der Waals surface area (Å²) < 4.78 is 61.0. The molecule has 0 aromatic heterocycles. The molecule has 0 saturated heterocycles. The number of hydrogen-bond donors (Lipinski definition) is 4. The van der Waals surface area contributed by atoms with Crippen molar-refractivity contribution in [3.8, 4) is 0 Å². The van der Waals surface area contributed by atoms with Gasteiger partial charge in [0.1, 0.15) is 25.4 Å². The lowest BCUT2D eigenvalue weighted by molar-refractivity contribution is -0.161. The van der Waals surface area contributed by atoms with Crippen molar-refractivity contribution >= 4 is 33.6 Å². The van der Waals surface area contributed by atoms with Gasteiger partial charge in [-0.1, -0.05) is 244 Å². The van der Waals surface area contributed by atoms with E-state index in [4.69, 9.17) is 32.3 Å². The van der Waals surface area contributed by atoms with Gasteiger partial charge >= 0.3 is 33.6 Å². The highest BCUT2D eigenvalue weighted by Crippen LogP contribution is 2.45. The lowest BCUT2D eigenvalue weighted by Gasteiger charge is -2.21. The van der Waals surface area contributed by atoms with E-state index in [1.165, 1.54) is 25.7 Å². The molecular weight excluding hydrogens is 1220 g/mol. The zero-order valence-electron chi connectivity index (χ0n) is 57.6. The fraction of sp³-hybridized carbons (Fsp3) is 0.667. The SMILES string of the molecule is CC/C=C\C/C=C\C/C=C\C/C=C\CCCCCCCCC(=O)OCC(COP(=O)(O)OCC(O)COP(=O)(O)OCC(O)COC(=O)CCCCCCC/C=C\C/C=C\C/C=C\C/C=C\CCCCC)OC(=O)CCCCCCCCC/C=C\C/C=C\C/C=C\CC. The topological polar surface area (TPSA) is 231 Å². The van der Waals surface area contributed by atoms with E-state index in [9.17, 15) is 43.5 Å². The summed E-state index contributed by atoms with van der Waals surface area (Å²) in [5.41, 5.74) is 0. The predicted molar refractivity (Wildman–Crippen MR) is 380 cm³/mol. The maximum Gasteiger partial charge on any atom is 0.472 e. The molecule has 0 aliphatic carbocycles. The van der Waals surface area contributed by atoms with Crippen LogP contribution >= 0.6 is 15.6 Å². The van der Waals surface area contributed by atoms with Gasteiger partial charge in [0.15, 0.2) is 6.10 Å². The van der Waals surface area contributed by atoms with Crippen molar-refractivity contribution in [2.45, 2.75) is 283 Å². The molecule has 0 heterocycles. The van der Waals surface area contributed by atoms with Crippen LogP contribution in [0.3, 0.4) is 0 Å². The van der Waals surface area contributed by atoms with Crippen LogP contribution in [0.5, 0.6) is 0 Å². The van der Waals surface area contributed by atoms with Crippen LogP contribution in [0.2, 0.25) is 0 Å². The van der Waals surface area contributed by atoms with Crippen molar-refractivity contribution in [1.82, 2.24) is 0 Å². The van der Waals surface area contributed by atoms with E-state index in [0.29, 0.717) is 19.3 Å². The Kier molecular flexibility index (Phi) is 64.5. The molecule has 0 amide bonds. The summed E-state index contributed by atoms with van der Waals surface area (Å²) in [6, 6.07) is 0. The maximum absolute atomic E-state index is 13.0. The van der Waals surface area contributed by atoms with Gasteiger partial charge in [-0.15, -0.1) is 0 Å². The highest BCUT2D eigenvalue weighted by molar-refractivity contribution is 7.47. The van der Waals surface area contributed by atoms with Gasteiger partial charge < -0.3 is 34.2 Å². The number of esters is 3. The number of phosphoric ester groups is 2. The van der Waals surface area contributed by atoms with Crippen LogP contribution in [0.1, 0.15) is 265 Å². The molecule has 4 N–H and O–H groups in total. The smallest absolute Gasteiger partial charge is 0.463 e. The monoisotopic (exact) mass is 1340 g/mol. The number of carbonyl (C=O) groups excluding carboxylic acids is 3. The van der Waals surface area contributed by atoms with Crippen LogP contribution < -0.4 is 0 Å². The van der Waals surface area contributed by atoms with Gasteiger partial charge in [-0.25, -0.2) is 9.13 Å². The average molecular weight is 1350 g/mol. The molecule has 0 aromatic carbocycles. The summed E-state index contributed by atoms with van der Waals surface area (Å²) in [6.07, 6.45) is 79.2. The molecule has 0 fully saturated rings. The molecule has 0 radical (unpaired) electrons. The zero-order chi connectivity index (χ0) is 68.1. The summed E-state index contributed by atoms with van der Waals surface area (Å²) in [4.78, 5) is 58.5. The average Bonchev–Trinajstić information content (AvgIpc) is 3.70. The minimum Gasteiger partial charge on any atom is -0.463 e. The summed E-state index contributed by atoms with van der Waals surface area (Å²) >= 11 is 0. The van der Waals surface area contributed by atoms with Crippen molar-refractivity contribution in [1.29, 1.82) is 0 Å². The molecule has 5 atom stereocenters. The highest BCUT2D eigenvalue weighted by Gasteiger charge is 2.29. The number of aliphatic hydroxyl groups is 2. The Morgan fingerprint density at radius 2 is 0.570 bits per heavy atom. The van der Waals surface area contributed by atoms with Gasteiger partial charge in [0.05, 0.1) is 26.4 Å². The number of hydrogen-bond acceptors (Lipinski definition) is 14. The molecule has 0 bridgehead atoms. The molecule has 93 heavy (non-hydrogen) atoms. The minimum absolute atomic E-state index is 0.0853.